The van der Waals surface area contributed by atoms with Crippen LogP contribution < -0.4 is 10.5 Å². The van der Waals surface area contributed by atoms with Crippen molar-refractivity contribution in [1.82, 2.24) is 14.1 Å². The molecule has 0 saturated carbocycles. The Bertz CT molecular complexity index is 4690. The summed E-state index contributed by atoms with van der Waals surface area (Å²) in [7, 11) is 0. The molecule has 8 heteroatoms. The molecule has 1 amide bonds. The predicted molar refractivity (Wildman–Crippen MR) is 372 cm³/mol. The molecule has 9 aromatic carbocycles. The van der Waals surface area contributed by atoms with E-state index in [4.69, 9.17) is 4.42 Å². The molecule has 0 aliphatic heterocycles. The van der Waals surface area contributed by atoms with Crippen LogP contribution in [0.15, 0.2) is 247 Å². The molecule has 0 N–H and O–H groups in total. The molecule has 4 aromatic heterocycles. The Morgan fingerprint density at radius 3 is 1.47 bits per heavy atom. The molecule has 0 aliphatic rings. The quantitative estimate of drug-likeness (QED) is 0.0471. The smallest absolute Gasteiger partial charge is 0.336 e. The van der Waals surface area contributed by atoms with Gasteiger partial charge >= 0.3 is 5.63 Å². The van der Waals surface area contributed by atoms with Crippen molar-refractivity contribution < 1.29 is 29.3 Å². The third kappa shape index (κ3) is 13.0. The van der Waals surface area contributed by atoms with E-state index in [0.29, 0.717) is 23.4 Å². The van der Waals surface area contributed by atoms with Gasteiger partial charge in [-0.2, -0.15) is 0 Å². The van der Waals surface area contributed by atoms with Gasteiger partial charge < -0.3 is 23.4 Å². The van der Waals surface area contributed by atoms with Crippen molar-refractivity contribution in [3.05, 3.63) is 294 Å². The summed E-state index contributed by atoms with van der Waals surface area (Å²) in [5, 5.41) is 8.30. The van der Waals surface area contributed by atoms with Gasteiger partial charge in [0, 0.05) is 118 Å². The number of rotatable bonds is 14. The number of amides is 1. The number of benzene rings is 9. The average Bonchev–Trinajstić information content (AvgIpc) is 1.98. The van der Waals surface area contributed by atoms with Gasteiger partial charge in [0.2, 0.25) is 0 Å². The van der Waals surface area contributed by atoms with Crippen LogP contribution in [0.3, 0.4) is 0 Å². The Morgan fingerprint density at radius 2 is 0.989 bits per heavy atom. The monoisotopic (exact) mass is 1320 g/mol. The first kappa shape index (κ1) is 60.9. The fourth-order valence-electron chi connectivity index (χ4n) is 11.3. The maximum absolute atomic E-state index is 12.0. The summed E-state index contributed by atoms with van der Waals surface area (Å²) in [6.07, 6.45) is 16.3. The molecule has 13 rings (SSSR count). The third-order valence-electron chi connectivity index (χ3n) is 15.9. The van der Waals surface area contributed by atoms with Crippen LogP contribution in [0.5, 0.6) is 0 Å². The molecule has 88 heavy (non-hydrogen) atoms. The van der Waals surface area contributed by atoms with Gasteiger partial charge in [-0.25, -0.2) is 4.79 Å². The molecule has 0 aliphatic carbocycles. The standard InChI is InChI=1S/C48H40N2.C17H12N.C15H15NO3.Ir/c1-5-33-17-25-45-41(29-33)43-31-37(19-27-47(43)49(45)7-3)11-9-35-13-21-39(22-14-35)40-23-15-36(16-24-40)10-12-38-20-28-48-44(32-38)42-30-34(6-2)18-26-46(42)50(48)8-4;1-2-13-7-9-15(10-8-13)17-16-6-4-3-5-14(16)11-12-18-17;1-4-16(15(18)10(2)3)12-7-5-11-6-8-14(17)19-13(11)9-12;/h5-6,9-32H,1-2,7-8H2,3-4H3;2-9,11-12H,1H2;5-9H,2,4H2,1,3H3;/q;-1;;/b11-9+,12-10+;;;. The second-order valence-electron chi connectivity index (χ2n) is 21.3. The summed E-state index contributed by atoms with van der Waals surface area (Å²) in [6.45, 7) is 25.7. The first-order valence-corrected chi connectivity index (χ1v) is 29.4. The van der Waals surface area contributed by atoms with Crippen LogP contribution >= 0.6 is 0 Å². The molecule has 0 atom stereocenters. The Kier molecular flexibility index (Phi) is 19.0. The minimum atomic E-state index is -0.404. The zero-order valence-electron chi connectivity index (χ0n) is 50.0. The van der Waals surface area contributed by atoms with E-state index in [2.05, 4.69) is 218 Å². The third-order valence-corrected chi connectivity index (χ3v) is 15.9. The van der Waals surface area contributed by atoms with E-state index in [1.54, 1.807) is 24.0 Å². The van der Waals surface area contributed by atoms with Crippen LogP contribution in [-0.4, -0.2) is 26.6 Å². The molecular formula is C80H67IrN4O3-. The fourth-order valence-corrected chi connectivity index (χ4v) is 11.3. The van der Waals surface area contributed by atoms with Crippen molar-refractivity contribution in [2.45, 2.75) is 40.8 Å². The Labute approximate surface area is 527 Å². The van der Waals surface area contributed by atoms with Crippen molar-refractivity contribution in [2.75, 3.05) is 11.4 Å². The number of hydrogen-bond acceptors (Lipinski definition) is 4. The first-order valence-electron chi connectivity index (χ1n) is 29.4. The molecule has 1 radical (unpaired) electrons. The fraction of sp³-hybridized carbons (Fsp3) is 0.0875. The van der Waals surface area contributed by atoms with E-state index < -0.39 is 5.63 Å². The number of carbonyl (C=O) groups is 1. The summed E-state index contributed by atoms with van der Waals surface area (Å²) < 4.78 is 9.90. The number of anilines is 1. The molecule has 0 bridgehead atoms. The minimum Gasteiger partial charge on any atom is -0.423 e. The van der Waals surface area contributed by atoms with Crippen LogP contribution in [0.2, 0.25) is 0 Å². The maximum Gasteiger partial charge on any atom is 0.336 e. The predicted octanol–water partition coefficient (Wildman–Crippen LogP) is 20.3. The van der Waals surface area contributed by atoms with Crippen molar-refractivity contribution in [3.63, 3.8) is 0 Å². The molecule has 0 fully saturated rings. The van der Waals surface area contributed by atoms with Crippen molar-refractivity contribution in [3.8, 4) is 22.4 Å². The van der Waals surface area contributed by atoms with Crippen LogP contribution in [0, 0.1) is 6.07 Å². The molecule has 4 heterocycles. The Balaban J connectivity index is 0.000000183. The molecule has 13 aromatic rings. The Morgan fingerprint density at radius 1 is 0.523 bits per heavy atom. The molecule has 0 spiro atoms. The molecule has 435 valence electrons. The molecule has 0 saturated heterocycles. The van der Waals surface area contributed by atoms with E-state index in [9.17, 15) is 9.59 Å². The van der Waals surface area contributed by atoms with Gasteiger partial charge in [-0.05, 0) is 161 Å². The van der Waals surface area contributed by atoms with Gasteiger partial charge in [0.1, 0.15) is 5.58 Å². The summed E-state index contributed by atoms with van der Waals surface area (Å²) in [5.41, 5.74) is 18.8. The van der Waals surface area contributed by atoms with Crippen LogP contribution in [0.1, 0.15) is 66.6 Å². The largest absolute Gasteiger partial charge is 0.423 e. The minimum absolute atomic E-state index is 0. The zero-order chi connectivity index (χ0) is 60.6. The molecular weight excluding hydrogens is 1260 g/mol. The van der Waals surface area contributed by atoms with Gasteiger partial charge in [-0.15, -0.1) is 48.0 Å². The number of carbonyl (C=O) groups excluding carboxylic acids is 1. The number of nitrogens with zero attached hydrogens (tertiary/aromatic N) is 4. The number of likely N-dealkylation sites (N-methyl/N-ethyl adjacent to an activating group) is 1. The number of pyridine rings is 1. The summed E-state index contributed by atoms with van der Waals surface area (Å²) >= 11 is 0. The zero-order valence-corrected chi connectivity index (χ0v) is 52.4. The van der Waals surface area contributed by atoms with Crippen molar-refractivity contribution >= 4 is 119 Å². The topological polar surface area (TPSA) is 73.3 Å². The van der Waals surface area contributed by atoms with E-state index in [1.165, 1.54) is 88.4 Å². The second-order valence-corrected chi connectivity index (χ2v) is 21.3. The summed E-state index contributed by atoms with van der Waals surface area (Å²) in [5.74, 6) is -0.139. The van der Waals surface area contributed by atoms with Gasteiger partial charge in [0.15, 0.2) is 0 Å². The SMILES string of the molecule is C=C(C)C(=O)N(CC)c1ccc2ccc(=O)oc2c1.C=Cc1c[c-]c(-c2nccc3ccccc23)cc1.C=Cc1ccc2c(c1)c1cc(/C=C/c3ccc(-c4ccc(/C=C/c5ccc6c(c5)c5cc(C=C)ccc5n6CC)cc4)cc3)ccc1n2CC.[Ir]. The second kappa shape index (κ2) is 27.4. The van der Waals surface area contributed by atoms with Gasteiger partial charge in [-0.1, -0.05) is 153 Å². The maximum atomic E-state index is 12.0. The Hall–Kier alpha value is -10.2. The van der Waals surface area contributed by atoms with E-state index in [-0.39, 0.29) is 26.0 Å². The van der Waals surface area contributed by atoms with Crippen LogP contribution in [0.4, 0.5) is 5.69 Å². The van der Waals surface area contributed by atoms with E-state index in [1.807, 2.05) is 79.9 Å². The van der Waals surface area contributed by atoms with Gasteiger partial charge in [-0.3, -0.25) is 4.79 Å². The molecule has 0 unspecified atom stereocenters. The van der Waals surface area contributed by atoms with E-state index in [0.717, 1.165) is 51.8 Å². The van der Waals surface area contributed by atoms with Crippen LogP contribution in [0.25, 0.3) is 130 Å². The normalized spacial score (nSPS) is 11.2. The summed E-state index contributed by atoms with van der Waals surface area (Å²) in [6, 6.07) is 72.3. The summed E-state index contributed by atoms with van der Waals surface area (Å²) in [4.78, 5) is 29.3. The number of hydrogen-bond donors (Lipinski definition) is 0. The van der Waals surface area contributed by atoms with Gasteiger partial charge in [0.05, 0.1) is 0 Å². The van der Waals surface area contributed by atoms with Gasteiger partial charge in [0.25, 0.3) is 5.91 Å². The number of aromatic nitrogens is 3. The van der Waals surface area contributed by atoms with Crippen molar-refractivity contribution in [2.24, 2.45) is 0 Å². The van der Waals surface area contributed by atoms with Crippen molar-refractivity contribution in [1.29, 1.82) is 0 Å². The molecule has 7 nitrogen and oxygen atoms in total. The number of fused-ring (bicyclic) bond motifs is 8. The number of aryl methyl sites for hydroxylation is 2. The van der Waals surface area contributed by atoms with Crippen LogP contribution in [-0.2, 0) is 38.0 Å². The first-order chi connectivity index (χ1) is 42.5. The average molecular weight is 1320 g/mol. The van der Waals surface area contributed by atoms with E-state index >= 15 is 0 Å².